The number of H-pyrrole nitrogens is 1. The molecule has 104 valence electrons. The molecule has 1 aromatic heterocycles. The molecule has 2 rings (SSSR count). The summed E-state index contributed by atoms with van der Waals surface area (Å²) in [7, 11) is 0. The zero-order valence-electron chi connectivity index (χ0n) is 10.3. The number of aromatic amines is 1. The highest BCUT2D eigenvalue weighted by Crippen LogP contribution is 2.30. The summed E-state index contributed by atoms with van der Waals surface area (Å²) < 4.78 is 0. The van der Waals surface area contributed by atoms with Gasteiger partial charge >= 0.3 is 0 Å². The van der Waals surface area contributed by atoms with E-state index in [0.717, 1.165) is 0 Å². The summed E-state index contributed by atoms with van der Waals surface area (Å²) in [5, 5.41) is 12.0. The smallest absolute Gasteiger partial charge is 0.271 e. The van der Waals surface area contributed by atoms with Crippen LogP contribution in [0.1, 0.15) is 15.9 Å². The van der Waals surface area contributed by atoms with Crippen molar-refractivity contribution in [1.29, 1.82) is 0 Å². The molecule has 2 aromatic rings. The number of hydrogen-bond acceptors (Lipinski definition) is 3. The van der Waals surface area contributed by atoms with Crippen molar-refractivity contribution < 1.29 is 9.90 Å². The molecule has 0 spiro atoms. The molecule has 0 saturated carbocycles. The summed E-state index contributed by atoms with van der Waals surface area (Å²) in [5.41, 5.74) is 0.276. The van der Waals surface area contributed by atoms with Crippen molar-refractivity contribution in [2.24, 2.45) is 0 Å². The highest BCUT2D eigenvalue weighted by molar-refractivity contribution is 6.44. The van der Waals surface area contributed by atoms with E-state index in [1.807, 2.05) is 0 Å². The highest BCUT2D eigenvalue weighted by Gasteiger charge is 2.16. The number of pyridine rings is 1. The fourth-order valence-electron chi connectivity index (χ4n) is 1.65. The zero-order valence-corrected chi connectivity index (χ0v) is 11.8. The highest BCUT2D eigenvalue weighted by atomic mass is 35.5. The van der Waals surface area contributed by atoms with Crippen LogP contribution in [0.15, 0.2) is 29.2 Å². The van der Waals surface area contributed by atoms with Crippen molar-refractivity contribution in [1.82, 2.24) is 4.98 Å². The van der Waals surface area contributed by atoms with Crippen molar-refractivity contribution >= 4 is 34.8 Å². The lowest BCUT2D eigenvalue weighted by Crippen LogP contribution is -2.21. The maximum Gasteiger partial charge on any atom is 0.271 e. The SMILES string of the molecule is Cc1cc[nH]c(=O)c1NC(=O)c1cc(O)cc(Cl)c1Cl. The minimum absolute atomic E-state index is 0.00646. The van der Waals surface area contributed by atoms with E-state index in [1.54, 1.807) is 13.0 Å². The molecule has 0 aliphatic rings. The number of amides is 1. The van der Waals surface area contributed by atoms with Gasteiger partial charge in [0.2, 0.25) is 0 Å². The Labute approximate surface area is 124 Å². The van der Waals surface area contributed by atoms with Crippen LogP contribution in [0.4, 0.5) is 5.69 Å². The van der Waals surface area contributed by atoms with Crippen LogP contribution in [0, 0.1) is 6.92 Å². The Hall–Kier alpha value is -1.98. The van der Waals surface area contributed by atoms with E-state index < -0.39 is 11.5 Å². The van der Waals surface area contributed by atoms with Gasteiger partial charge in [0.05, 0.1) is 15.6 Å². The Bertz CT molecular complexity index is 741. The summed E-state index contributed by atoms with van der Waals surface area (Å²) in [4.78, 5) is 26.2. The second-order valence-electron chi connectivity index (χ2n) is 4.11. The lowest BCUT2D eigenvalue weighted by Gasteiger charge is -2.09. The Morgan fingerprint density at radius 1 is 1.35 bits per heavy atom. The van der Waals surface area contributed by atoms with Gasteiger partial charge in [0, 0.05) is 12.3 Å². The van der Waals surface area contributed by atoms with Crippen molar-refractivity contribution in [3.05, 3.63) is 55.9 Å². The predicted molar refractivity (Wildman–Crippen MR) is 77.9 cm³/mol. The van der Waals surface area contributed by atoms with Crippen molar-refractivity contribution in [2.75, 3.05) is 5.32 Å². The lowest BCUT2D eigenvalue weighted by molar-refractivity contribution is 0.102. The number of carbonyl (C=O) groups is 1. The number of nitrogens with one attached hydrogen (secondary N) is 2. The second kappa shape index (κ2) is 5.56. The van der Waals surface area contributed by atoms with E-state index in [-0.39, 0.29) is 27.0 Å². The van der Waals surface area contributed by atoms with E-state index in [2.05, 4.69) is 10.3 Å². The molecular weight excluding hydrogens is 303 g/mol. The second-order valence-corrected chi connectivity index (χ2v) is 4.89. The van der Waals surface area contributed by atoms with E-state index in [9.17, 15) is 14.7 Å². The first-order chi connectivity index (χ1) is 9.40. The van der Waals surface area contributed by atoms with Gasteiger partial charge in [-0.1, -0.05) is 23.2 Å². The van der Waals surface area contributed by atoms with Crippen LogP contribution in [-0.2, 0) is 0 Å². The average Bonchev–Trinajstić information content (AvgIpc) is 2.38. The number of phenols is 1. The third-order valence-corrected chi connectivity index (χ3v) is 3.47. The van der Waals surface area contributed by atoms with Crippen LogP contribution in [0.3, 0.4) is 0 Å². The third-order valence-electron chi connectivity index (χ3n) is 2.67. The Morgan fingerprint density at radius 2 is 2.05 bits per heavy atom. The van der Waals surface area contributed by atoms with Gasteiger partial charge in [-0.3, -0.25) is 9.59 Å². The first-order valence-corrected chi connectivity index (χ1v) is 6.33. The van der Waals surface area contributed by atoms with Gasteiger partial charge in [0.1, 0.15) is 11.4 Å². The fourth-order valence-corrected chi connectivity index (χ4v) is 2.06. The molecule has 0 saturated heterocycles. The van der Waals surface area contributed by atoms with Crippen LogP contribution in [0.5, 0.6) is 5.75 Å². The molecule has 1 aromatic carbocycles. The summed E-state index contributed by atoms with van der Waals surface area (Å²) in [6, 6.07) is 4.05. The average molecular weight is 313 g/mol. The number of phenolic OH excluding ortho intramolecular Hbond substituents is 1. The van der Waals surface area contributed by atoms with Gasteiger partial charge in [-0.05, 0) is 24.6 Å². The number of aromatic hydroxyl groups is 1. The normalized spacial score (nSPS) is 10.3. The maximum atomic E-state index is 12.1. The molecule has 0 fully saturated rings. The Kier molecular flexibility index (Phi) is 4.01. The number of carbonyl (C=O) groups excluding carboxylic acids is 1. The van der Waals surface area contributed by atoms with Gasteiger partial charge < -0.3 is 15.4 Å². The van der Waals surface area contributed by atoms with E-state index in [1.165, 1.54) is 18.3 Å². The fraction of sp³-hybridized carbons (Fsp3) is 0.0769. The first kappa shape index (κ1) is 14.4. The molecule has 0 aliphatic heterocycles. The van der Waals surface area contributed by atoms with Crippen LogP contribution < -0.4 is 10.9 Å². The van der Waals surface area contributed by atoms with Gasteiger partial charge in [0.15, 0.2) is 0 Å². The predicted octanol–water partition coefficient (Wildman–Crippen LogP) is 2.95. The lowest BCUT2D eigenvalue weighted by atomic mass is 10.2. The number of halogens is 2. The van der Waals surface area contributed by atoms with E-state index in [0.29, 0.717) is 5.56 Å². The largest absolute Gasteiger partial charge is 0.508 e. The molecule has 0 aliphatic carbocycles. The molecule has 1 amide bonds. The topological polar surface area (TPSA) is 82.2 Å². The summed E-state index contributed by atoms with van der Waals surface area (Å²) in [6.07, 6.45) is 1.48. The van der Waals surface area contributed by atoms with Crippen LogP contribution in [-0.4, -0.2) is 16.0 Å². The monoisotopic (exact) mass is 312 g/mol. The molecule has 7 heteroatoms. The van der Waals surface area contributed by atoms with Crippen molar-refractivity contribution in [2.45, 2.75) is 6.92 Å². The molecule has 0 radical (unpaired) electrons. The first-order valence-electron chi connectivity index (χ1n) is 5.58. The minimum Gasteiger partial charge on any atom is -0.508 e. The van der Waals surface area contributed by atoms with Gasteiger partial charge in [-0.15, -0.1) is 0 Å². The molecule has 3 N–H and O–H groups in total. The standard InChI is InChI=1S/C13H10Cl2N2O3/c1-6-2-3-16-13(20)11(6)17-12(19)8-4-7(18)5-9(14)10(8)15/h2-5,18H,1H3,(H,16,20)(H,17,19). The number of rotatable bonds is 2. The minimum atomic E-state index is -0.632. The van der Waals surface area contributed by atoms with Crippen molar-refractivity contribution in [3.63, 3.8) is 0 Å². The number of aryl methyl sites for hydroxylation is 1. The van der Waals surface area contributed by atoms with Gasteiger partial charge in [-0.25, -0.2) is 0 Å². The quantitative estimate of drug-likeness (QED) is 0.797. The molecule has 20 heavy (non-hydrogen) atoms. The summed E-state index contributed by atoms with van der Waals surface area (Å²) in [6.45, 7) is 1.68. The molecule has 5 nitrogen and oxygen atoms in total. The van der Waals surface area contributed by atoms with Crippen LogP contribution >= 0.6 is 23.2 Å². The number of aromatic nitrogens is 1. The zero-order chi connectivity index (χ0) is 14.9. The third kappa shape index (κ3) is 2.79. The number of anilines is 1. The molecule has 0 unspecified atom stereocenters. The van der Waals surface area contributed by atoms with Crippen LogP contribution in [0.2, 0.25) is 10.0 Å². The molecule has 1 heterocycles. The maximum absolute atomic E-state index is 12.1. The Balaban J connectivity index is 2.41. The number of benzene rings is 1. The van der Waals surface area contributed by atoms with E-state index >= 15 is 0 Å². The van der Waals surface area contributed by atoms with Gasteiger partial charge in [-0.2, -0.15) is 0 Å². The molecule has 0 atom stereocenters. The van der Waals surface area contributed by atoms with E-state index in [4.69, 9.17) is 23.2 Å². The van der Waals surface area contributed by atoms with Crippen molar-refractivity contribution in [3.8, 4) is 5.75 Å². The summed E-state index contributed by atoms with van der Waals surface area (Å²) >= 11 is 11.7. The summed E-state index contributed by atoms with van der Waals surface area (Å²) in [5.74, 6) is -0.823. The van der Waals surface area contributed by atoms with Gasteiger partial charge in [0.25, 0.3) is 11.5 Å². The van der Waals surface area contributed by atoms with Crippen LogP contribution in [0.25, 0.3) is 0 Å². The molecular formula is C13H10Cl2N2O3. The molecule has 0 bridgehead atoms. The number of hydrogen-bond donors (Lipinski definition) is 3. The Morgan fingerprint density at radius 3 is 2.70 bits per heavy atom.